The van der Waals surface area contributed by atoms with E-state index in [2.05, 4.69) is 0 Å². The highest BCUT2D eigenvalue weighted by atomic mass is 32.2. The number of Topliss-reactive ketones (excluding diaryl/α,β-unsaturated/α-hetero) is 1. The van der Waals surface area contributed by atoms with Crippen LogP contribution in [0.5, 0.6) is 5.75 Å². The van der Waals surface area contributed by atoms with Gasteiger partial charge in [0.1, 0.15) is 5.75 Å². The zero-order chi connectivity index (χ0) is 14.1. The highest BCUT2D eigenvalue weighted by molar-refractivity contribution is 7.86. The lowest BCUT2D eigenvalue weighted by molar-refractivity contribution is 0.0905. The topological polar surface area (TPSA) is 43.4 Å². The maximum atomic E-state index is 12.6. The fourth-order valence-corrected chi connectivity index (χ4v) is 5.51. The van der Waals surface area contributed by atoms with E-state index in [1.54, 1.807) is 0 Å². The molecule has 2 heterocycles. The van der Waals surface area contributed by atoms with Gasteiger partial charge in [0.2, 0.25) is 0 Å². The van der Waals surface area contributed by atoms with Gasteiger partial charge in [0.25, 0.3) is 0 Å². The Morgan fingerprint density at radius 1 is 1.30 bits per heavy atom. The highest BCUT2D eigenvalue weighted by Crippen LogP contribution is 2.40. The molecule has 4 heteroatoms. The molecule has 0 aliphatic carbocycles. The summed E-state index contributed by atoms with van der Waals surface area (Å²) in [6.45, 7) is 2.53. The van der Waals surface area contributed by atoms with E-state index in [4.69, 9.17) is 4.74 Å². The third kappa shape index (κ3) is 2.53. The van der Waals surface area contributed by atoms with E-state index in [0.717, 1.165) is 37.0 Å². The average Bonchev–Trinajstić information content (AvgIpc) is 2.68. The molecule has 2 saturated heterocycles. The molecule has 0 aromatic heterocycles. The van der Waals surface area contributed by atoms with Gasteiger partial charge in [-0.25, -0.2) is 0 Å². The molecule has 108 valence electrons. The van der Waals surface area contributed by atoms with Crippen LogP contribution in [0.15, 0.2) is 24.3 Å². The number of carbonyl (C=O) groups excluding carboxylic acids is 1. The molecule has 2 aliphatic rings. The van der Waals surface area contributed by atoms with Crippen molar-refractivity contribution < 1.29 is 13.7 Å². The quantitative estimate of drug-likeness (QED) is 0.801. The first-order valence-electron chi connectivity index (χ1n) is 7.35. The van der Waals surface area contributed by atoms with E-state index in [-0.39, 0.29) is 22.2 Å². The van der Waals surface area contributed by atoms with E-state index in [1.165, 1.54) is 0 Å². The lowest BCUT2D eigenvalue weighted by Gasteiger charge is -2.26. The van der Waals surface area contributed by atoms with Crippen LogP contribution in [0.2, 0.25) is 0 Å². The number of hydrogen-bond acceptors (Lipinski definition) is 3. The van der Waals surface area contributed by atoms with Crippen LogP contribution >= 0.6 is 0 Å². The Labute approximate surface area is 122 Å². The maximum absolute atomic E-state index is 12.6. The molecule has 2 unspecified atom stereocenters. The summed E-state index contributed by atoms with van der Waals surface area (Å²) in [5, 5.41) is 0.496. The largest absolute Gasteiger partial charge is 0.494 e. The second kappa shape index (κ2) is 5.68. The van der Waals surface area contributed by atoms with Crippen molar-refractivity contribution in [2.24, 2.45) is 5.92 Å². The minimum atomic E-state index is -0.697. The van der Waals surface area contributed by atoms with Gasteiger partial charge in [-0.2, -0.15) is 0 Å². The molecule has 0 amide bonds. The molecular weight excluding hydrogens is 272 g/mol. The molecule has 1 aromatic carbocycles. The molecule has 0 saturated carbocycles. The summed E-state index contributed by atoms with van der Waals surface area (Å²) in [6, 6.07) is 7.44. The minimum Gasteiger partial charge on any atom is -0.494 e. The predicted octanol–water partition coefficient (Wildman–Crippen LogP) is 2.96. The summed E-state index contributed by atoms with van der Waals surface area (Å²) >= 11 is 0. The summed E-state index contributed by atoms with van der Waals surface area (Å²) < 4.78 is 17.5. The number of ether oxygens (including phenoxy) is 1. The van der Waals surface area contributed by atoms with Crippen LogP contribution in [-0.4, -0.2) is 27.1 Å². The molecule has 0 N–H and O–H groups in total. The molecule has 0 radical (unpaired) electrons. The number of fused-ring (bicyclic) bond motifs is 2. The highest BCUT2D eigenvalue weighted by Gasteiger charge is 2.42. The smallest absolute Gasteiger partial charge is 0.166 e. The standard InChI is InChI=1S/C16H20O3S/c1-2-19-13-5-3-4-11(8-13)16(17)12-9-14-6-7-15(10-12)20(14)18/h3-5,8,12,14-15H,2,6-7,9-10H2,1H3. The number of ketones is 1. The number of benzene rings is 1. The van der Waals surface area contributed by atoms with E-state index in [9.17, 15) is 9.00 Å². The zero-order valence-corrected chi connectivity index (χ0v) is 12.5. The molecule has 3 rings (SSSR count). The SMILES string of the molecule is CCOc1cccc(C(=O)C2CC3CCC(C2)S3=O)c1. The molecular formula is C16H20O3S. The Morgan fingerprint density at radius 2 is 2.00 bits per heavy atom. The summed E-state index contributed by atoms with van der Waals surface area (Å²) in [6.07, 6.45) is 3.64. The van der Waals surface area contributed by atoms with Crippen LogP contribution < -0.4 is 4.74 Å². The monoisotopic (exact) mass is 292 g/mol. The van der Waals surface area contributed by atoms with Crippen LogP contribution in [0.25, 0.3) is 0 Å². The summed E-state index contributed by atoms with van der Waals surface area (Å²) in [4.78, 5) is 12.6. The fraction of sp³-hybridized carbons (Fsp3) is 0.562. The van der Waals surface area contributed by atoms with Crippen molar-refractivity contribution >= 4 is 16.6 Å². The van der Waals surface area contributed by atoms with E-state index >= 15 is 0 Å². The molecule has 2 atom stereocenters. The lowest BCUT2D eigenvalue weighted by atomic mass is 9.90. The average molecular weight is 292 g/mol. The van der Waals surface area contributed by atoms with Crippen molar-refractivity contribution in [1.29, 1.82) is 0 Å². The van der Waals surface area contributed by atoms with E-state index in [1.807, 2.05) is 31.2 Å². The van der Waals surface area contributed by atoms with Gasteiger partial charge in [0.15, 0.2) is 5.78 Å². The lowest BCUT2D eigenvalue weighted by Crippen LogP contribution is -2.32. The van der Waals surface area contributed by atoms with Gasteiger partial charge in [-0.3, -0.25) is 9.00 Å². The first-order valence-corrected chi connectivity index (χ1v) is 8.63. The Hall–Kier alpha value is -1.16. The van der Waals surface area contributed by atoms with Gasteiger partial charge in [0.05, 0.1) is 6.61 Å². The van der Waals surface area contributed by atoms with Gasteiger partial charge in [0, 0.05) is 32.8 Å². The normalized spacial score (nSPS) is 32.0. The van der Waals surface area contributed by atoms with Crippen LogP contribution in [0.3, 0.4) is 0 Å². The molecule has 2 fully saturated rings. The molecule has 20 heavy (non-hydrogen) atoms. The van der Waals surface area contributed by atoms with Crippen LogP contribution in [0.1, 0.15) is 43.0 Å². The van der Waals surface area contributed by atoms with Crippen molar-refractivity contribution in [3.05, 3.63) is 29.8 Å². The summed E-state index contributed by atoms with van der Waals surface area (Å²) in [5.41, 5.74) is 0.730. The fourth-order valence-electron chi connectivity index (χ4n) is 3.39. The number of hydrogen-bond donors (Lipinski definition) is 0. The third-order valence-corrected chi connectivity index (χ3v) is 6.53. The second-order valence-corrected chi connectivity index (χ2v) is 7.63. The third-order valence-electron chi connectivity index (χ3n) is 4.36. The second-order valence-electron chi connectivity index (χ2n) is 5.64. The van der Waals surface area contributed by atoms with Crippen molar-refractivity contribution in [1.82, 2.24) is 0 Å². The van der Waals surface area contributed by atoms with Crippen LogP contribution in [0, 0.1) is 5.92 Å². The first kappa shape index (κ1) is 13.8. The predicted molar refractivity (Wildman–Crippen MR) is 79.6 cm³/mol. The number of carbonyl (C=O) groups is 1. The maximum Gasteiger partial charge on any atom is 0.166 e. The van der Waals surface area contributed by atoms with Gasteiger partial charge in [-0.05, 0) is 44.7 Å². The van der Waals surface area contributed by atoms with E-state index in [0.29, 0.717) is 6.61 Å². The molecule has 3 nitrogen and oxygen atoms in total. The molecule has 0 spiro atoms. The minimum absolute atomic E-state index is 0.0436. The van der Waals surface area contributed by atoms with Gasteiger partial charge in [-0.15, -0.1) is 0 Å². The number of rotatable bonds is 4. The Morgan fingerprint density at radius 3 is 2.65 bits per heavy atom. The van der Waals surface area contributed by atoms with Crippen LogP contribution in [0.4, 0.5) is 0 Å². The van der Waals surface area contributed by atoms with Gasteiger partial charge < -0.3 is 4.74 Å². The van der Waals surface area contributed by atoms with Crippen LogP contribution in [-0.2, 0) is 10.8 Å². The van der Waals surface area contributed by atoms with Crippen molar-refractivity contribution in [3.63, 3.8) is 0 Å². The molecule has 2 bridgehead atoms. The summed E-state index contributed by atoms with van der Waals surface area (Å²) in [7, 11) is -0.697. The van der Waals surface area contributed by atoms with Gasteiger partial charge >= 0.3 is 0 Å². The Bertz CT molecular complexity index is 524. The molecule has 1 aromatic rings. The van der Waals surface area contributed by atoms with Gasteiger partial charge in [-0.1, -0.05) is 12.1 Å². The van der Waals surface area contributed by atoms with Crippen molar-refractivity contribution in [3.8, 4) is 5.75 Å². The Balaban J connectivity index is 1.76. The summed E-state index contributed by atoms with van der Waals surface area (Å²) in [5.74, 6) is 0.989. The first-order chi connectivity index (χ1) is 9.69. The van der Waals surface area contributed by atoms with Crippen molar-refractivity contribution in [2.75, 3.05) is 6.61 Å². The Kier molecular flexibility index (Phi) is 3.92. The molecule has 2 aliphatic heterocycles. The van der Waals surface area contributed by atoms with Crippen molar-refractivity contribution in [2.45, 2.75) is 43.1 Å². The zero-order valence-electron chi connectivity index (χ0n) is 11.7. The van der Waals surface area contributed by atoms with E-state index < -0.39 is 10.8 Å².